The van der Waals surface area contributed by atoms with Crippen molar-refractivity contribution in [2.24, 2.45) is 0 Å². The third-order valence-electron chi connectivity index (χ3n) is 2.14. The lowest BCUT2D eigenvalue weighted by Gasteiger charge is -2.23. The Morgan fingerprint density at radius 3 is 2.27 bits per heavy atom. The van der Waals surface area contributed by atoms with E-state index in [9.17, 15) is 0 Å². The van der Waals surface area contributed by atoms with Gasteiger partial charge in [0, 0.05) is 13.2 Å². The molecule has 0 aromatic rings. The Kier molecular flexibility index (Phi) is 6.57. The Morgan fingerprint density at radius 1 is 1.36 bits per heavy atom. The first-order valence-electron chi connectivity index (χ1n) is 4.50. The second-order valence-corrected chi connectivity index (χ2v) is 2.87. The van der Waals surface area contributed by atoms with Gasteiger partial charge in [-0.3, -0.25) is 0 Å². The molecule has 0 aliphatic rings. The molecule has 0 aliphatic heterocycles. The van der Waals surface area contributed by atoms with Crippen LogP contribution in [-0.2, 0) is 4.74 Å². The average molecular weight is 159 g/mol. The molecule has 11 heavy (non-hydrogen) atoms. The first kappa shape index (κ1) is 10.9. The quantitative estimate of drug-likeness (QED) is 0.638. The molecule has 0 fully saturated rings. The minimum atomic E-state index is 0.384. The molecule has 2 unspecified atom stereocenters. The molecule has 0 aromatic heterocycles. The van der Waals surface area contributed by atoms with Gasteiger partial charge in [0.15, 0.2) is 0 Å². The van der Waals surface area contributed by atoms with Crippen molar-refractivity contribution < 1.29 is 4.74 Å². The molecule has 2 atom stereocenters. The summed E-state index contributed by atoms with van der Waals surface area (Å²) in [5.74, 6) is 0. The van der Waals surface area contributed by atoms with Gasteiger partial charge < -0.3 is 10.1 Å². The van der Waals surface area contributed by atoms with E-state index in [0.29, 0.717) is 12.1 Å². The van der Waals surface area contributed by atoms with Crippen LogP contribution < -0.4 is 5.32 Å². The molecule has 0 aliphatic carbocycles. The summed E-state index contributed by atoms with van der Waals surface area (Å²) >= 11 is 0. The van der Waals surface area contributed by atoms with E-state index in [4.69, 9.17) is 4.74 Å². The molecular formula is C9H21NO. The number of hydrogen-bond donors (Lipinski definition) is 1. The highest BCUT2D eigenvalue weighted by Gasteiger charge is 2.15. The smallest absolute Gasteiger partial charge is 0.0723 e. The van der Waals surface area contributed by atoms with E-state index in [1.807, 2.05) is 7.05 Å². The molecule has 2 heteroatoms. The molecule has 0 saturated carbocycles. The predicted octanol–water partition coefficient (Wildman–Crippen LogP) is 1.80. The van der Waals surface area contributed by atoms with E-state index in [2.05, 4.69) is 19.2 Å². The van der Waals surface area contributed by atoms with Crippen LogP contribution in [0.25, 0.3) is 0 Å². The maximum absolute atomic E-state index is 5.37. The molecular weight excluding hydrogens is 138 g/mol. The van der Waals surface area contributed by atoms with Crippen LogP contribution in [0.5, 0.6) is 0 Å². The molecule has 0 spiro atoms. The molecule has 0 amide bonds. The highest BCUT2D eigenvalue weighted by Crippen LogP contribution is 2.08. The van der Waals surface area contributed by atoms with Crippen molar-refractivity contribution >= 4 is 0 Å². The highest BCUT2D eigenvalue weighted by atomic mass is 16.5. The van der Waals surface area contributed by atoms with Gasteiger partial charge in [-0.2, -0.15) is 0 Å². The first-order valence-corrected chi connectivity index (χ1v) is 4.50. The lowest BCUT2D eigenvalue weighted by Crippen LogP contribution is -2.38. The van der Waals surface area contributed by atoms with E-state index in [-0.39, 0.29) is 0 Å². The molecule has 0 radical (unpaired) electrons. The van der Waals surface area contributed by atoms with Crippen LogP contribution in [0, 0.1) is 0 Å². The largest absolute Gasteiger partial charge is 0.380 e. The van der Waals surface area contributed by atoms with Crippen molar-refractivity contribution in [1.82, 2.24) is 5.32 Å². The highest BCUT2D eigenvalue weighted by molar-refractivity contribution is 4.73. The van der Waals surface area contributed by atoms with Gasteiger partial charge in [0.2, 0.25) is 0 Å². The Hall–Kier alpha value is -0.0800. The maximum Gasteiger partial charge on any atom is 0.0723 e. The van der Waals surface area contributed by atoms with Gasteiger partial charge in [0.1, 0.15) is 0 Å². The minimum absolute atomic E-state index is 0.384. The fraction of sp³-hybridized carbons (Fsp3) is 1.00. The van der Waals surface area contributed by atoms with Crippen molar-refractivity contribution in [2.75, 3.05) is 14.2 Å². The number of ether oxygens (including phenoxy) is 1. The second-order valence-electron chi connectivity index (χ2n) is 2.87. The van der Waals surface area contributed by atoms with Crippen LogP contribution in [0.1, 0.15) is 33.1 Å². The number of rotatable bonds is 6. The molecule has 0 rings (SSSR count). The third-order valence-corrected chi connectivity index (χ3v) is 2.14. The molecule has 0 bridgehead atoms. The summed E-state index contributed by atoms with van der Waals surface area (Å²) in [5.41, 5.74) is 0. The maximum atomic E-state index is 5.37. The summed E-state index contributed by atoms with van der Waals surface area (Å²) in [4.78, 5) is 0. The number of methoxy groups -OCH3 is 1. The predicted molar refractivity (Wildman–Crippen MR) is 48.8 cm³/mol. The van der Waals surface area contributed by atoms with Gasteiger partial charge in [0.05, 0.1) is 6.10 Å². The summed E-state index contributed by atoms with van der Waals surface area (Å²) in [6, 6.07) is 0.514. The molecule has 0 aromatic carbocycles. The molecule has 68 valence electrons. The summed E-state index contributed by atoms with van der Waals surface area (Å²) in [6.45, 7) is 4.37. The van der Waals surface area contributed by atoms with Crippen LogP contribution in [0.15, 0.2) is 0 Å². The van der Waals surface area contributed by atoms with Crippen molar-refractivity contribution in [3.63, 3.8) is 0 Å². The zero-order valence-electron chi connectivity index (χ0n) is 8.18. The van der Waals surface area contributed by atoms with E-state index in [1.165, 1.54) is 6.42 Å². The monoisotopic (exact) mass is 159 g/mol. The van der Waals surface area contributed by atoms with Crippen molar-refractivity contribution in [3.05, 3.63) is 0 Å². The van der Waals surface area contributed by atoms with Crippen LogP contribution in [0.3, 0.4) is 0 Å². The summed E-state index contributed by atoms with van der Waals surface area (Å²) < 4.78 is 5.37. The Bertz CT molecular complexity index is 81.6. The lowest BCUT2D eigenvalue weighted by molar-refractivity contribution is 0.0621. The molecule has 1 N–H and O–H groups in total. The fourth-order valence-corrected chi connectivity index (χ4v) is 1.42. The van der Waals surface area contributed by atoms with Crippen molar-refractivity contribution in [1.29, 1.82) is 0 Å². The molecule has 0 saturated heterocycles. The van der Waals surface area contributed by atoms with Gasteiger partial charge in [0.25, 0.3) is 0 Å². The van der Waals surface area contributed by atoms with Crippen molar-refractivity contribution in [3.8, 4) is 0 Å². The number of nitrogens with one attached hydrogen (secondary N) is 1. The minimum Gasteiger partial charge on any atom is -0.380 e. The van der Waals surface area contributed by atoms with Gasteiger partial charge in [-0.1, -0.05) is 20.3 Å². The number of likely N-dealkylation sites (N-methyl/N-ethyl adjacent to an activating group) is 1. The SMILES string of the molecule is CCCC(OC)C(CC)NC. The zero-order valence-corrected chi connectivity index (χ0v) is 8.18. The standard InChI is InChI=1S/C9H21NO/c1-5-7-9(11-4)8(6-2)10-3/h8-10H,5-7H2,1-4H3. The van der Waals surface area contributed by atoms with E-state index in [1.54, 1.807) is 7.11 Å². The van der Waals surface area contributed by atoms with Gasteiger partial charge in [-0.25, -0.2) is 0 Å². The normalized spacial score (nSPS) is 16.4. The van der Waals surface area contributed by atoms with Gasteiger partial charge in [-0.05, 0) is 19.9 Å². The summed E-state index contributed by atoms with van der Waals surface area (Å²) in [5, 5.41) is 3.26. The number of hydrogen-bond acceptors (Lipinski definition) is 2. The third kappa shape index (κ3) is 3.73. The van der Waals surface area contributed by atoms with Crippen LogP contribution in [0.4, 0.5) is 0 Å². The van der Waals surface area contributed by atoms with Crippen LogP contribution in [-0.4, -0.2) is 26.3 Å². The lowest BCUT2D eigenvalue weighted by atomic mass is 10.0. The van der Waals surface area contributed by atoms with E-state index in [0.717, 1.165) is 12.8 Å². The zero-order chi connectivity index (χ0) is 8.69. The van der Waals surface area contributed by atoms with E-state index < -0.39 is 0 Å². The molecule has 2 nitrogen and oxygen atoms in total. The summed E-state index contributed by atoms with van der Waals surface area (Å²) in [7, 11) is 3.79. The topological polar surface area (TPSA) is 21.3 Å². The average Bonchev–Trinajstić information content (AvgIpc) is 2.05. The Balaban J connectivity index is 3.76. The van der Waals surface area contributed by atoms with Gasteiger partial charge >= 0.3 is 0 Å². The summed E-state index contributed by atoms with van der Waals surface area (Å²) in [6.07, 6.45) is 3.86. The van der Waals surface area contributed by atoms with E-state index >= 15 is 0 Å². The van der Waals surface area contributed by atoms with Gasteiger partial charge in [-0.15, -0.1) is 0 Å². The van der Waals surface area contributed by atoms with Crippen molar-refractivity contribution in [2.45, 2.75) is 45.3 Å². The Morgan fingerprint density at radius 2 is 2.00 bits per heavy atom. The van der Waals surface area contributed by atoms with Crippen LogP contribution in [0.2, 0.25) is 0 Å². The van der Waals surface area contributed by atoms with Crippen LogP contribution >= 0.6 is 0 Å². The molecule has 0 heterocycles. The first-order chi connectivity index (χ1) is 5.29. The Labute approximate surface area is 70.3 Å². The second kappa shape index (κ2) is 6.62. The fourth-order valence-electron chi connectivity index (χ4n) is 1.42.